The fourth-order valence-corrected chi connectivity index (χ4v) is 2.27. The van der Waals surface area contributed by atoms with E-state index in [0.29, 0.717) is 12.3 Å². The van der Waals surface area contributed by atoms with Crippen LogP contribution in [0.3, 0.4) is 0 Å². The maximum atomic E-state index is 10.0. The molecule has 0 saturated heterocycles. The van der Waals surface area contributed by atoms with E-state index in [4.69, 9.17) is 4.74 Å². The number of aromatic hydroxyl groups is 1. The summed E-state index contributed by atoms with van der Waals surface area (Å²) in [7, 11) is 0. The van der Waals surface area contributed by atoms with Crippen molar-refractivity contribution < 1.29 is 9.84 Å². The van der Waals surface area contributed by atoms with Crippen molar-refractivity contribution in [3.8, 4) is 5.75 Å². The minimum Gasteiger partial charge on any atom is -0.508 e. The molecule has 0 aliphatic heterocycles. The molecule has 2 N–H and O–H groups in total. The Labute approximate surface area is 120 Å². The van der Waals surface area contributed by atoms with Crippen LogP contribution in [0.4, 0.5) is 0 Å². The van der Waals surface area contributed by atoms with Gasteiger partial charge in [-0.2, -0.15) is 0 Å². The third-order valence-corrected chi connectivity index (χ3v) is 3.31. The third kappa shape index (κ3) is 3.95. The first-order valence-electron chi connectivity index (χ1n) is 7.31. The summed E-state index contributed by atoms with van der Waals surface area (Å²) in [4.78, 5) is 0. The van der Waals surface area contributed by atoms with Gasteiger partial charge in [0.05, 0.1) is 0 Å². The highest BCUT2D eigenvalue weighted by molar-refractivity contribution is 5.87. The maximum absolute atomic E-state index is 10.0. The van der Waals surface area contributed by atoms with Crippen LogP contribution >= 0.6 is 0 Å². The van der Waals surface area contributed by atoms with Crippen molar-refractivity contribution >= 4 is 10.8 Å². The zero-order chi connectivity index (χ0) is 14.2. The first kappa shape index (κ1) is 14.8. The molecule has 3 heteroatoms. The molecule has 0 aromatic heterocycles. The normalized spacial score (nSPS) is 11.1. The molecule has 0 fully saturated rings. The molecular weight excluding hydrogens is 250 g/mol. The van der Waals surface area contributed by atoms with Crippen LogP contribution in [0.5, 0.6) is 5.75 Å². The summed E-state index contributed by atoms with van der Waals surface area (Å²) in [5.74, 6) is 0.360. The van der Waals surface area contributed by atoms with Crippen LogP contribution in [0.2, 0.25) is 0 Å². The van der Waals surface area contributed by atoms with Gasteiger partial charge >= 0.3 is 0 Å². The predicted molar refractivity (Wildman–Crippen MR) is 83.0 cm³/mol. The number of rotatable bonds is 8. The van der Waals surface area contributed by atoms with Crippen LogP contribution in [0, 0.1) is 0 Å². The van der Waals surface area contributed by atoms with Crippen molar-refractivity contribution in [2.24, 2.45) is 0 Å². The van der Waals surface area contributed by atoms with E-state index in [1.54, 1.807) is 6.07 Å². The molecule has 0 amide bonds. The molecular formula is C17H23NO2. The summed E-state index contributed by atoms with van der Waals surface area (Å²) in [5.41, 5.74) is 0.970. The molecule has 20 heavy (non-hydrogen) atoms. The van der Waals surface area contributed by atoms with E-state index in [9.17, 15) is 5.11 Å². The second-order valence-corrected chi connectivity index (χ2v) is 4.93. The van der Waals surface area contributed by atoms with E-state index in [0.717, 1.165) is 48.9 Å². The zero-order valence-electron chi connectivity index (χ0n) is 12.1. The molecule has 0 radical (unpaired) electrons. The number of hydrogen-bond acceptors (Lipinski definition) is 3. The van der Waals surface area contributed by atoms with Crippen molar-refractivity contribution in [2.45, 2.75) is 26.3 Å². The Bertz CT molecular complexity index is 540. The molecule has 0 unspecified atom stereocenters. The lowest BCUT2D eigenvalue weighted by atomic mass is 10.0. The van der Waals surface area contributed by atoms with Crippen molar-refractivity contribution in [3.63, 3.8) is 0 Å². The molecule has 0 spiro atoms. The van der Waals surface area contributed by atoms with Gasteiger partial charge in [0, 0.05) is 25.3 Å². The van der Waals surface area contributed by atoms with Crippen LogP contribution in [0.25, 0.3) is 10.8 Å². The number of hydrogen-bond donors (Lipinski definition) is 2. The number of nitrogens with one attached hydrogen (secondary N) is 1. The smallest absolute Gasteiger partial charge is 0.120 e. The Balaban J connectivity index is 1.88. The summed E-state index contributed by atoms with van der Waals surface area (Å²) in [6.07, 6.45) is 2.06. The topological polar surface area (TPSA) is 41.5 Å². The fourth-order valence-electron chi connectivity index (χ4n) is 2.27. The standard InChI is InChI=1S/C17H23NO2/c1-2-11-20-12-5-10-18-13-16-15-7-4-3-6-14(15)8-9-17(16)19/h3-4,6-9,18-19H,2,5,10-13H2,1H3. The van der Waals surface area contributed by atoms with E-state index in [2.05, 4.69) is 24.4 Å². The molecule has 0 atom stereocenters. The third-order valence-electron chi connectivity index (χ3n) is 3.31. The molecule has 0 bridgehead atoms. The highest BCUT2D eigenvalue weighted by atomic mass is 16.5. The first-order chi connectivity index (χ1) is 9.83. The Kier molecular flexibility index (Phi) is 5.84. The van der Waals surface area contributed by atoms with Crippen LogP contribution in [0.1, 0.15) is 25.3 Å². The summed E-state index contributed by atoms with van der Waals surface area (Å²) >= 11 is 0. The minimum absolute atomic E-state index is 0.360. The molecule has 2 aromatic rings. The van der Waals surface area contributed by atoms with Gasteiger partial charge in [-0.1, -0.05) is 37.3 Å². The largest absolute Gasteiger partial charge is 0.508 e. The zero-order valence-corrected chi connectivity index (χ0v) is 12.1. The van der Waals surface area contributed by atoms with Gasteiger partial charge in [-0.3, -0.25) is 0 Å². The quantitative estimate of drug-likeness (QED) is 0.724. The Morgan fingerprint density at radius 1 is 1.10 bits per heavy atom. The monoisotopic (exact) mass is 273 g/mol. The number of fused-ring (bicyclic) bond motifs is 1. The second kappa shape index (κ2) is 7.88. The average Bonchev–Trinajstić information content (AvgIpc) is 2.48. The highest BCUT2D eigenvalue weighted by Crippen LogP contribution is 2.26. The first-order valence-corrected chi connectivity index (χ1v) is 7.31. The van der Waals surface area contributed by atoms with E-state index in [-0.39, 0.29) is 0 Å². The summed E-state index contributed by atoms with van der Waals surface area (Å²) in [5, 5.41) is 15.7. The number of benzene rings is 2. The fraction of sp³-hybridized carbons (Fsp3) is 0.412. The molecule has 0 heterocycles. The maximum Gasteiger partial charge on any atom is 0.120 e. The van der Waals surface area contributed by atoms with Gasteiger partial charge in [0.15, 0.2) is 0 Å². The number of phenolic OH excluding ortho intramolecular Hbond substituents is 1. The van der Waals surface area contributed by atoms with Gasteiger partial charge < -0.3 is 15.2 Å². The highest BCUT2D eigenvalue weighted by Gasteiger charge is 2.05. The van der Waals surface area contributed by atoms with Gasteiger partial charge in [0.1, 0.15) is 5.75 Å². The molecule has 0 saturated carbocycles. The predicted octanol–water partition coefficient (Wildman–Crippen LogP) is 3.45. The molecule has 2 aromatic carbocycles. The minimum atomic E-state index is 0.360. The van der Waals surface area contributed by atoms with Crippen molar-refractivity contribution in [2.75, 3.05) is 19.8 Å². The molecule has 3 nitrogen and oxygen atoms in total. The van der Waals surface area contributed by atoms with Crippen LogP contribution in [0.15, 0.2) is 36.4 Å². The van der Waals surface area contributed by atoms with Crippen LogP contribution in [-0.2, 0) is 11.3 Å². The molecule has 0 aliphatic rings. The van der Waals surface area contributed by atoms with Gasteiger partial charge in [-0.05, 0) is 36.2 Å². The van der Waals surface area contributed by atoms with E-state index in [1.807, 2.05) is 18.2 Å². The molecule has 108 valence electrons. The van der Waals surface area contributed by atoms with Crippen molar-refractivity contribution in [1.82, 2.24) is 5.32 Å². The average molecular weight is 273 g/mol. The summed E-state index contributed by atoms with van der Waals surface area (Å²) in [6, 6.07) is 11.9. The second-order valence-electron chi connectivity index (χ2n) is 4.93. The lowest BCUT2D eigenvalue weighted by Gasteiger charge is -2.10. The Morgan fingerprint density at radius 2 is 1.95 bits per heavy atom. The molecule has 0 aliphatic carbocycles. The van der Waals surface area contributed by atoms with Crippen LogP contribution < -0.4 is 5.32 Å². The van der Waals surface area contributed by atoms with E-state index < -0.39 is 0 Å². The van der Waals surface area contributed by atoms with Crippen molar-refractivity contribution in [3.05, 3.63) is 42.0 Å². The Hall–Kier alpha value is -1.58. The van der Waals surface area contributed by atoms with Crippen LogP contribution in [-0.4, -0.2) is 24.9 Å². The molecule has 2 rings (SSSR count). The lowest BCUT2D eigenvalue weighted by molar-refractivity contribution is 0.132. The van der Waals surface area contributed by atoms with E-state index >= 15 is 0 Å². The van der Waals surface area contributed by atoms with Crippen molar-refractivity contribution in [1.29, 1.82) is 0 Å². The number of phenols is 1. The summed E-state index contributed by atoms with van der Waals surface area (Å²) in [6.45, 7) is 5.32. The van der Waals surface area contributed by atoms with Gasteiger partial charge in [0.25, 0.3) is 0 Å². The lowest BCUT2D eigenvalue weighted by Crippen LogP contribution is -2.16. The summed E-state index contributed by atoms with van der Waals surface area (Å²) < 4.78 is 5.44. The Morgan fingerprint density at radius 3 is 2.80 bits per heavy atom. The number of ether oxygens (including phenoxy) is 1. The van der Waals surface area contributed by atoms with E-state index in [1.165, 1.54) is 0 Å². The van der Waals surface area contributed by atoms with Gasteiger partial charge in [-0.15, -0.1) is 0 Å². The van der Waals surface area contributed by atoms with Gasteiger partial charge in [0.2, 0.25) is 0 Å². The van der Waals surface area contributed by atoms with Gasteiger partial charge in [-0.25, -0.2) is 0 Å². The SMILES string of the molecule is CCCOCCCNCc1c(O)ccc2ccccc12.